The molecule has 0 heterocycles. The Balaban J connectivity index is 2.30. The van der Waals surface area contributed by atoms with E-state index in [1.165, 1.54) is 5.56 Å². The number of hydrogen-bond acceptors (Lipinski definition) is 3. The Bertz CT molecular complexity index is 863. The summed E-state index contributed by atoms with van der Waals surface area (Å²) >= 11 is 0. The maximum absolute atomic E-state index is 6.63. The molecule has 3 nitrogen and oxygen atoms in total. The van der Waals surface area contributed by atoms with Gasteiger partial charge < -0.3 is 13.6 Å². The van der Waals surface area contributed by atoms with Crippen LogP contribution >= 0.6 is 0 Å². The molecule has 5 heteroatoms. The van der Waals surface area contributed by atoms with Crippen molar-refractivity contribution in [1.82, 2.24) is 0 Å². The number of rotatable bonds is 9. The largest absolute Gasteiger partial charge is 0.489 e. The van der Waals surface area contributed by atoms with Gasteiger partial charge in [-0.15, -0.1) is 0 Å². The van der Waals surface area contributed by atoms with Gasteiger partial charge in [0.25, 0.3) is 0 Å². The Hall–Kier alpha value is -1.41. The molecule has 0 aliphatic heterocycles. The van der Waals surface area contributed by atoms with E-state index in [0.29, 0.717) is 19.8 Å². The van der Waals surface area contributed by atoms with Crippen molar-refractivity contribution in [2.45, 2.75) is 97.6 Å². The molecule has 0 radical (unpaired) electrons. The van der Waals surface area contributed by atoms with Gasteiger partial charge in [0.05, 0.1) is 13.2 Å². The van der Waals surface area contributed by atoms with Gasteiger partial charge in [0.15, 0.2) is 16.6 Å². The molecule has 0 amide bonds. The second-order valence-electron chi connectivity index (χ2n) is 11.8. The molecule has 178 valence electrons. The summed E-state index contributed by atoms with van der Waals surface area (Å²) in [6.45, 7) is 24.5. The van der Waals surface area contributed by atoms with Crippen LogP contribution in [-0.2, 0) is 28.7 Å². The molecule has 0 spiro atoms. The third-order valence-corrected chi connectivity index (χ3v) is 16.2. The SMILES string of the molecule is CC(C)(C)[Si](C)(C)OCc1cccc(OCc2ccccc2)c1CO[Si](C)(C)C(C)(C)C. The zero-order valence-corrected chi connectivity index (χ0v) is 24.0. The average molecular weight is 473 g/mol. The van der Waals surface area contributed by atoms with Crippen molar-refractivity contribution in [3.8, 4) is 5.75 Å². The zero-order chi connectivity index (χ0) is 24.2. The Kier molecular flexibility index (Phi) is 8.60. The first-order valence-electron chi connectivity index (χ1n) is 11.7. The quantitative estimate of drug-likeness (QED) is 0.343. The lowest BCUT2D eigenvalue weighted by atomic mass is 10.1. The van der Waals surface area contributed by atoms with E-state index in [1.807, 2.05) is 18.2 Å². The smallest absolute Gasteiger partial charge is 0.192 e. The Morgan fingerprint density at radius 2 is 1.16 bits per heavy atom. The molecule has 0 bridgehead atoms. The van der Waals surface area contributed by atoms with Crippen LogP contribution in [0.15, 0.2) is 48.5 Å². The van der Waals surface area contributed by atoms with Gasteiger partial charge in [0, 0.05) is 5.56 Å². The van der Waals surface area contributed by atoms with Crippen LogP contribution in [0.4, 0.5) is 0 Å². The maximum Gasteiger partial charge on any atom is 0.192 e. The van der Waals surface area contributed by atoms with Gasteiger partial charge in [-0.1, -0.05) is 84.0 Å². The van der Waals surface area contributed by atoms with Crippen molar-refractivity contribution >= 4 is 16.6 Å². The molecule has 32 heavy (non-hydrogen) atoms. The predicted octanol–water partition coefficient (Wildman–Crippen LogP) is 8.31. The molecule has 0 saturated carbocycles. The third-order valence-electron chi connectivity index (χ3n) is 7.25. The standard InChI is InChI=1S/C27H44O3Si2/c1-26(2,3)31(7,8)29-20-23-17-14-18-25(28-19-22-15-12-11-13-16-22)24(23)21-30-32(9,10)27(4,5)6/h11-18H,19-21H2,1-10H3. The monoisotopic (exact) mass is 472 g/mol. The molecule has 0 aliphatic carbocycles. The van der Waals surface area contributed by atoms with Crippen LogP contribution in [0.2, 0.25) is 36.3 Å². The molecule has 0 aromatic heterocycles. The predicted molar refractivity (Wildman–Crippen MR) is 141 cm³/mol. The minimum Gasteiger partial charge on any atom is -0.489 e. The molecule has 0 aliphatic rings. The molecule has 2 rings (SSSR count). The van der Waals surface area contributed by atoms with Crippen molar-refractivity contribution in [3.63, 3.8) is 0 Å². The van der Waals surface area contributed by atoms with Crippen molar-refractivity contribution in [1.29, 1.82) is 0 Å². The molecule has 2 aromatic carbocycles. The van der Waals surface area contributed by atoms with Gasteiger partial charge in [0.2, 0.25) is 0 Å². The molecule has 0 atom stereocenters. The summed E-state index contributed by atoms with van der Waals surface area (Å²) in [4.78, 5) is 0. The van der Waals surface area contributed by atoms with Gasteiger partial charge in [-0.25, -0.2) is 0 Å². The number of hydrogen-bond donors (Lipinski definition) is 0. The highest BCUT2D eigenvalue weighted by molar-refractivity contribution is 6.74. The van der Waals surface area contributed by atoms with E-state index in [2.05, 4.69) is 98.1 Å². The van der Waals surface area contributed by atoms with Crippen LogP contribution in [0.1, 0.15) is 58.2 Å². The fraction of sp³-hybridized carbons (Fsp3) is 0.556. The van der Waals surface area contributed by atoms with Crippen LogP contribution < -0.4 is 4.74 Å². The van der Waals surface area contributed by atoms with Gasteiger partial charge in [-0.2, -0.15) is 0 Å². The van der Waals surface area contributed by atoms with Gasteiger partial charge in [0.1, 0.15) is 12.4 Å². The maximum atomic E-state index is 6.63. The highest BCUT2D eigenvalue weighted by Crippen LogP contribution is 2.39. The Morgan fingerprint density at radius 3 is 1.69 bits per heavy atom. The summed E-state index contributed by atoms with van der Waals surface area (Å²) < 4.78 is 19.5. The van der Waals surface area contributed by atoms with Crippen LogP contribution in [0, 0.1) is 0 Å². The molecule has 2 aromatic rings. The normalized spacial score (nSPS) is 13.3. The topological polar surface area (TPSA) is 27.7 Å². The highest BCUT2D eigenvalue weighted by Gasteiger charge is 2.38. The third kappa shape index (κ3) is 7.04. The van der Waals surface area contributed by atoms with Crippen molar-refractivity contribution in [2.24, 2.45) is 0 Å². The summed E-state index contributed by atoms with van der Waals surface area (Å²) in [5.74, 6) is 0.892. The van der Waals surface area contributed by atoms with Gasteiger partial charge in [-0.3, -0.25) is 0 Å². The van der Waals surface area contributed by atoms with Crippen molar-refractivity contribution in [3.05, 3.63) is 65.2 Å². The van der Waals surface area contributed by atoms with Crippen LogP contribution in [0.5, 0.6) is 5.75 Å². The van der Waals surface area contributed by atoms with E-state index in [0.717, 1.165) is 16.9 Å². The van der Waals surface area contributed by atoms with Crippen LogP contribution in [-0.4, -0.2) is 16.6 Å². The first kappa shape index (κ1) is 26.8. The summed E-state index contributed by atoms with van der Waals surface area (Å²) in [6, 6.07) is 16.6. The number of benzene rings is 2. The fourth-order valence-electron chi connectivity index (χ4n) is 2.72. The highest BCUT2D eigenvalue weighted by atomic mass is 28.4. The summed E-state index contributed by atoms with van der Waals surface area (Å²) in [5, 5.41) is 0.330. The fourth-order valence-corrected chi connectivity index (χ4v) is 4.61. The van der Waals surface area contributed by atoms with E-state index >= 15 is 0 Å². The van der Waals surface area contributed by atoms with E-state index in [-0.39, 0.29) is 10.1 Å². The zero-order valence-electron chi connectivity index (χ0n) is 22.0. The van der Waals surface area contributed by atoms with E-state index in [1.54, 1.807) is 0 Å². The second kappa shape index (κ2) is 10.2. The van der Waals surface area contributed by atoms with Crippen molar-refractivity contribution < 1.29 is 13.6 Å². The number of ether oxygens (including phenoxy) is 1. The van der Waals surface area contributed by atoms with Crippen molar-refractivity contribution in [2.75, 3.05) is 0 Å². The first-order chi connectivity index (χ1) is 14.6. The molecular formula is C27H44O3Si2. The van der Waals surface area contributed by atoms with Gasteiger partial charge in [-0.05, 0) is 53.5 Å². The van der Waals surface area contributed by atoms with E-state index < -0.39 is 16.6 Å². The van der Waals surface area contributed by atoms with E-state index in [4.69, 9.17) is 13.6 Å². The van der Waals surface area contributed by atoms with Crippen LogP contribution in [0.25, 0.3) is 0 Å². The summed E-state index contributed by atoms with van der Waals surface area (Å²) in [7, 11) is -3.76. The van der Waals surface area contributed by atoms with Crippen LogP contribution in [0.3, 0.4) is 0 Å². The van der Waals surface area contributed by atoms with Gasteiger partial charge >= 0.3 is 0 Å². The molecule has 0 unspecified atom stereocenters. The first-order valence-corrected chi connectivity index (χ1v) is 17.5. The Morgan fingerprint density at radius 1 is 0.625 bits per heavy atom. The molecule has 0 saturated heterocycles. The lowest BCUT2D eigenvalue weighted by molar-refractivity contribution is 0.244. The molecule has 0 N–H and O–H groups in total. The molecule has 0 fully saturated rings. The average Bonchev–Trinajstić information content (AvgIpc) is 2.68. The lowest BCUT2D eigenvalue weighted by Crippen LogP contribution is -2.41. The summed E-state index contributed by atoms with van der Waals surface area (Å²) in [6.07, 6.45) is 0. The Labute approximate surface area is 198 Å². The lowest BCUT2D eigenvalue weighted by Gasteiger charge is -2.37. The minimum atomic E-state index is -1.90. The second-order valence-corrected chi connectivity index (χ2v) is 21.4. The summed E-state index contributed by atoms with van der Waals surface area (Å²) in [5.41, 5.74) is 3.44. The molecular weight excluding hydrogens is 428 g/mol. The van der Waals surface area contributed by atoms with E-state index in [9.17, 15) is 0 Å². The minimum absolute atomic E-state index is 0.157.